The lowest BCUT2D eigenvalue weighted by Gasteiger charge is -2.13. The largest absolute Gasteiger partial charge is 0.491 e. The monoisotopic (exact) mass is 442 g/mol. The molecule has 0 spiro atoms. The van der Waals surface area contributed by atoms with Gasteiger partial charge in [0, 0.05) is 0 Å². The van der Waals surface area contributed by atoms with Crippen LogP contribution < -0.4 is 4.74 Å². The number of benzene rings is 1. The van der Waals surface area contributed by atoms with Gasteiger partial charge >= 0.3 is 5.97 Å². The summed E-state index contributed by atoms with van der Waals surface area (Å²) in [7, 11) is 0. The van der Waals surface area contributed by atoms with Gasteiger partial charge in [0.25, 0.3) is 0 Å². The summed E-state index contributed by atoms with van der Waals surface area (Å²) in [6, 6.07) is 5.44. The Morgan fingerprint density at radius 3 is 2.29 bits per heavy atom. The number of hydrogen-bond acceptors (Lipinski definition) is 6. The molecule has 0 aromatic heterocycles. The lowest BCUT2D eigenvalue weighted by Crippen LogP contribution is -2.29. The maximum absolute atomic E-state index is 12.8. The van der Waals surface area contributed by atoms with Crippen LogP contribution in [0.5, 0.6) is 5.75 Å². The van der Waals surface area contributed by atoms with Crippen molar-refractivity contribution >= 4 is 5.97 Å². The van der Waals surface area contributed by atoms with E-state index in [9.17, 15) is 24.5 Å². The number of carbonyl (C=O) groups is 1. The normalized spacial score (nSPS) is 13.7. The molecule has 0 unspecified atom stereocenters. The van der Waals surface area contributed by atoms with E-state index in [1.165, 1.54) is 60.7 Å². The number of aliphatic hydroxyl groups excluding tert-OH is 3. The van der Waals surface area contributed by atoms with Crippen molar-refractivity contribution in [2.75, 3.05) is 19.8 Å². The Kier molecular flexibility index (Phi) is 17.3. The Bertz CT molecular complexity index is 763. The number of hydrogen-bond donors (Lipinski definition) is 4. The molecule has 0 aliphatic carbocycles. The molecular formula is C21H27FO9. The van der Waals surface area contributed by atoms with E-state index >= 15 is 0 Å². The van der Waals surface area contributed by atoms with Crippen LogP contribution in [0.15, 0.2) is 60.7 Å². The molecule has 0 aliphatic rings. The minimum Gasteiger partial charge on any atom is -0.491 e. The minimum atomic E-state index is -1.24. The summed E-state index contributed by atoms with van der Waals surface area (Å²) in [4.78, 5) is 10.3. The molecule has 0 bridgehead atoms. The van der Waals surface area contributed by atoms with Gasteiger partial charge in [0.05, 0.1) is 6.61 Å². The molecule has 1 rings (SSSR count). The number of aliphatic hydroxyl groups is 3. The average molecular weight is 442 g/mol. The van der Waals surface area contributed by atoms with Gasteiger partial charge in [-0.25, -0.2) is 9.18 Å². The van der Waals surface area contributed by atoms with Crippen LogP contribution in [-0.4, -0.2) is 75.5 Å². The maximum atomic E-state index is 12.8. The second-order valence-electron chi connectivity index (χ2n) is 5.69. The highest BCUT2D eigenvalue weighted by Gasteiger charge is 2.13. The minimum absolute atomic E-state index is 0. The fraction of sp³-hybridized carbons (Fsp3) is 0.286. The van der Waals surface area contributed by atoms with Crippen molar-refractivity contribution in [3.05, 3.63) is 66.5 Å². The number of carboxylic acids is 1. The zero-order chi connectivity index (χ0) is 21.5. The molecule has 1 aromatic rings. The zero-order valence-corrected chi connectivity index (χ0v) is 16.5. The molecular weight excluding hydrogens is 415 g/mol. The number of ether oxygens (including phenoxy) is 2. The van der Waals surface area contributed by atoms with Crippen molar-refractivity contribution in [2.24, 2.45) is 0 Å². The Morgan fingerprint density at radius 1 is 1.00 bits per heavy atom. The Labute approximate surface area is 179 Å². The number of aliphatic carboxylic acids is 1. The van der Waals surface area contributed by atoms with E-state index in [0.29, 0.717) is 5.75 Å². The number of allylic oxidation sites excluding steroid dienone is 4. The van der Waals surface area contributed by atoms with Crippen LogP contribution in [0.2, 0.25) is 0 Å². The van der Waals surface area contributed by atoms with E-state index in [-0.39, 0.29) is 30.0 Å². The fourth-order valence-corrected chi connectivity index (χ4v) is 1.80. The van der Waals surface area contributed by atoms with Crippen LogP contribution in [0, 0.1) is 17.7 Å². The van der Waals surface area contributed by atoms with Crippen LogP contribution in [-0.2, 0) is 9.53 Å². The predicted molar refractivity (Wildman–Crippen MR) is 111 cm³/mol. The van der Waals surface area contributed by atoms with Crippen molar-refractivity contribution < 1.29 is 50.0 Å². The quantitative estimate of drug-likeness (QED) is 0.261. The topological polar surface area (TPSA) is 179 Å². The molecule has 0 fully saturated rings. The summed E-state index contributed by atoms with van der Waals surface area (Å²) in [6.45, 7) is -0.859. The van der Waals surface area contributed by atoms with Gasteiger partial charge in [-0.15, -0.1) is 0 Å². The summed E-state index contributed by atoms with van der Waals surface area (Å²) in [5, 5.41) is 37.3. The van der Waals surface area contributed by atoms with Crippen molar-refractivity contribution in [3.63, 3.8) is 0 Å². The lowest BCUT2D eigenvalue weighted by atomic mass is 10.2. The second-order valence-corrected chi connectivity index (χ2v) is 5.69. The third kappa shape index (κ3) is 15.5. The van der Waals surface area contributed by atoms with E-state index in [2.05, 4.69) is 16.6 Å². The molecule has 0 amide bonds. The van der Waals surface area contributed by atoms with Crippen molar-refractivity contribution in [2.45, 2.75) is 18.3 Å². The first kappa shape index (κ1) is 30.2. The van der Waals surface area contributed by atoms with Crippen LogP contribution >= 0.6 is 0 Å². The van der Waals surface area contributed by atoms with Gasteiger partial charge in [-0.2, -0.15) is 0 Å². The second kappa shape index (κ2) is 17.8. The molecule has 0 saturated carbocycles. The molecule has 0 aliphatic heterocycles. The highest BCUT2D eigenvalue weighted by molar-refractivity contribution is 5.67. The smallest absolute Gasteiger partial charge is 0.329 e. The predicted octanol–water partition coefficient (Wildman–Crippen LogP) is -0.589. The van der Waals surface area contributed by atoms with Crippen LogP contribution in [0.25, 0.3) is 0 Å². The van der Waals surface area contributed by atoms with Gasteiger partial charge in [-0.05, 0) is 42.5 Å². The van der Waals surface area contributed by atoms with E-state index in [0.717, 1.165) is 0 Å². The zero-order valence-electron chi connectivity index (χ0n) is 16.5. The number of halogens is 1. The molecule has 172 valence electrons. The third-order valence-electron chi connectivity index (χ3n) is 3.23. The lowest BCUT2D eigenvalue weighted by molar-refractivity contribution is -0.143. The molecule has 0 saturated heterocycles. The standard InChI is InChI=1S/C21H23FO7.2H2O/c22-16-9-11-18(12-10-16)29-13-17(23)7-5-3-1-2-4-6-8-19(24)20(25)14-28-15-21(26)27;;/h2,4-12,17,19-20,23-25H,13-15H2,(H,26,27);2*1H2/b4-2+,7-5+,8-6+;;/t17-,19+,20-;;/m0../s1. The van der Waals surface area contributed by atoms with E-state index in [1.807, 2.05) is 0 Å². The molecule has 9 nitrogen and oxygen atoms in total. The highest BCUT2D eigenvalue weighted by Crippen LogP contribution is 2.11. The first-order chi connectivity index (χ1) is 13.9. The summed E-state index contributed by atoms with van der Waals surface area (Å²) in [5.41, 5.74) is 0. The Morgan fingerprint density at radius 2 is 1.65 bits per heavy atom. The van der Waals surface area contributed by atoms with E-state index in [1.54, 1.807) is 0 Å². The maximum Gasteiger partial charge on any atom is 0.329 e. The Hall–Kier alpha value is -3.04. The van der Waals surface area contributed by atoms with Crippen molar-refractivity contribution in [1.82, 2.24) is 0 Å². The van der Waals surface area contributed by atoms with Crippen LogP contribution in [0.3, 0.4) is 0 Å². The Balaban J connectivity index is 0. The van der Waals surface area contributed by atoms with Crippen LogP contribution in [0.1, 0.15) is 0 Å². The van der Waals surface area contributed by atoms with Gasteiger partial charge in [0.15, 0.2) is 0 Å². The molecule has 8 N–H and O–H groups in total. The van der Waals surface area contributed by atoms with Gasteiger partial charge in [-0.1, -0.05) is 30.1 Å². The van der Waals surface area contributed by atoms with Crippen molar-refractivity contribution in [1.29, 1.82) is 0 Å². The van der Waals surface area contributed by atoms with Gasteiger partial charge < -0.3 is 40.9 Å². The SMILES string of the molecule is O.O.O=C(O)COC[C@H](O)[C@H](O)/C=C/C=C/C#C/C=C/[C@H](O)COc1ccc(F)cc1. The fourth-order valence-electron chi connectivity index (χ4n) is 1.80. The number of rotatable bonds is 11. The first-order valence-electron chi connectivity index (χ1n) is 8.61. The average Bonchev–Trinajstić information content (AvgIpc) is 2.69. The van der Waals surface area contributed by atoms with E-state index in [4.69, 9.17) is 9.84 Å². The molecule has 3 atom stereocenters. The first-order valence-corrected chi connectivity index (χ1v) is 8.61. The van der Waals surface area contributed by atoms with Gasteiger partial charge in [0.1, 0.15) is 43.1 Å². The summed E-state index contributed by atoms with van der Waals surface area (Å²) in [5.74, 6) is 4.26. The summed E-state index contributed by atoms with van der Waals surface area (Å²) < 4.78 is 22.7. The van der Waals surface area contributed by atoms with E-state index < -0.39 is 30.9 Å². The van der Waals surface area contributed by atoms with Crippen LogP contribution in [0.4, 0.5) is 4.39 Å². The third-order valence-corrected chi connectivity index (χ3v) is 3.23. The summed E-state index contributed by atoms with van der Waals surface area (Å²) >= 11 is 0. The number of carboxylic acid groups (broad SMARTS) is 1. The molecule has 10 heteroatoms. The van der Waals surface area contributed by atoms with Crippen molar-refractivity contribution in [3.8, 4) is 17.6 Å². The summed E-state index contributed by atoms with van der Waals surface area (Å²) in [6.07, 6.45) is 5.35. The van der Waals surface area contributed by atoms with Gasteiger partial charge in [-0.3, -0.25) is 0 Å². The molecule has 0 radical (unpaired) electrons. The van der Waals surface area contributed by atoms with Gasteiger partial charge in [0.2, 0.25) is 0 Å². The molecule has 0 heterocycles. The highest BCUT2D eigenvalue weighted by atomic mass is 19.1. The molecule has 31 heavy (non-hydrogen) atoms. The molecule has 1 aromatic carbocycles.